The lowest BCUT2D eigenvalue weighted by Crippen LogP contribution is -2.38. The largest absolute Gasteiger partial charge is 0.370 e. The average molecular weight is 379 g/mol. The molecule has 3 heteroatoms. The molecule has 2 rings (SSSR count). The molecule has 0 N–H and O–H groups in total. The SMILES string of the molecule is CC1CCC(CI)(OCc2ccc(Cl)cc2)CC1. The van der Waals surface area contributed by atoms with E-state index in [2.05, 4.69) is 41.6 Å². The molecule has 1 aliphatic carbocycles. The van der Waals surface area contributed by atoms with Crippen LogP contribution in [0.4, 0.5) is 0 Å². The van der Waals surface area contributed by atoms with Crippen molar-refractivity contribution in [2.24, 2.45) is 5.92 Å². The first-order valence-electron chi connectivity index (χ1n) is 6.58. The maximum absolute atomic E-state index is 6.24. The van der Waals surface area contributed by atoms with Crippen molar-refractivity contribution in [3.63, 3.8) is 0 Å². The van der Waals surface area contributed by atoms with Gasteiger partial charge in [0.15, 0.2) is 0 Å². The molecule has 1 aromatic rings. The smallest absolute Gasteiger partial charge is 0.0776 e. The lowest BCUT2D eigenvalue weighted by Gasteiger charge is -2.38. The fourth-order valence-electron chi connectivity index (χ4n) is 2.42. The van der Waals surface area contributed by atoms with Crippen molar-refractivity contribution >= 4 is 34.2 Å². The summed E-state index contributed by atoms with van der Waals surface area (Å²) >= 11 is 8.36. The van der Waals surface area contributed by atoms with Crippen LogP contribution in [0.3, 0.4) is 0 Å². The van der Waals surface area contributed by atoms with Crippen LogP contribution in [0.15, 0.2) is 24.3 Å². The van der Waals surface area contributed by atoms with Crippen molar-refractivity contribution in [3.8, 4) is 0 Å². The number of rotatable bonds is 4. The fraction of sp³-hybridized carbons (Fsp3) is 0.600. The highest BCUT2D eigenvalue weighted by Crippen LogP contribution is 2.36. The molecule has 1 fully saturated rings. The summed E-state index contributed by atoms with van der Waals surface area (Å²) in [7, 11) is 0. The number of alkyl halides is 1. The van der Waals surface area contributed by atoms with Crippen LogP contribution in [0.1, 0.15) is 38.2 Å². The highest BCUT2D eigenvalue weighted by Gasteiger charge is 2.34. The number of halogens is 2. The zero-order valence-corrected chi connectivity index (χ0v) is 13.7. The maximum atomic E-state index is 6.24. The van der Waals surface area contributed by atoms with Gasteiger partial charge in [0, 0.05) is 9.45 Å². The van der Waals surface area contributed by atoms with Gasteiger partial charge in [-0.1, -0.05) is 53.2 Å². The zero-order valence-electron chi connectivity index (χ0n) is 10.8. The summed E-state index contributed by atoms with van der Waals surface area (Å²) in [5.41, 5.74) is 1.31. The Morgan fingerprint density at radius 2 is 1.89 bits per heavy atom. The molecular formula is C15H20ClIO. The third kappa shape index (κ3) is 3.84. The first-order chi connectivity index (χ1) is 8.63. The summed E-state index contributed by atoms with van der Waals surface area (Å²) in [5.74, 6) is 0.861. The van der Waals surface area contributed by atoms with Gasteiger partial charge in [-0.15, -0.1) is 0 Å². The lowest BCUT2D eigenvalue weighted by molar-refractivity contribution is -0.0675. The number of ether oxygens (including phenoxy) is 1. The highest BCUT2D eigenvalue weighted by atomic mass is 127. The van der Waals surface area contributed by atoms with E-state index in [4.69, 9.17) is 16.3 Å². The zero-order chi connectivity index (χ0) is 13.0. The van der Waals surface area contributed by atoms with Gasteiger partial charge in [-0.3, -0.25) is 0 Å². The Bertz CT molecular complexity index is 369. The van der Waals surface area contributed by atoms with E-state index in [1.54, 1.807) is 0 Å². The van der Waals surface area contributed by atoms with Gasteiger partial charge in [-0.05, 0) is 49.3 Å². The molecule has 0 spiro atoms. The van der Waals surface area contributed by atoms with Crippen molar-refractivity contribution < 1.29 is 4.74 Å². The van der Waals surface area contributed by atoms with Gasteiger partial charge in [-0.25, -0.2) is 0 Å². The van der Waals surface area contributed by atoms with Gasteiger partial charge in [0.2, 0.25) is 0 Å². The second-order valence-corrected chi connectivity index (χ2v) is 6.61. The Labute approximate surface area is 128 Å². The summed E-state index contributed by atoms with van der Waals surface area (Å²) in [6, 6.07) is 7.96. The van der Waals surface area contributed by atoms with Crippen LogP contribution in [0, 0.1) is 5.92 Å². The van der Waals surface area contributed by atoms with Crippen molar-refractivity contribution in [2.75, 3.05) is 4.43 Å². The van der Waals surface area contributed by atoms with E-state index >= 15 is 0 Å². The predicted octanol–water partition coefficient (Wildman–Crippen LogP) is 5.24. The maximum Gasteiger partial charge on any atom is 0.0776 e. The molecule has 18 heavy (non-hydrogen) atoms. The van der Waals surface area contributed by atoms with Crippen LogP contribution >= 0.6 is 34.2 Å². The third-order valence-corrected chi connectivity index (χ3v) is 5.53. The fourth-order valence-corrected chi connectivity index (χ4v) is 3.53. The molecule has 100 valence electrons. The Morgan fingerprint density at radius 3 is 2.44 bits per heavy atom. The molecule has 0 atom stereocenters. The molecule has 1 aliphatic rings. The van der Waals surface area contributed by atoms with Gasteiger partial charge in [0.05, 0.1) is 12.2 Å². The van der Waals surface area contributed by atoms with E-state index in [0.717, 1.165) is 15.4 Å². The van der Waals surface area contributed by atoms with Gasteiger partial charge in [-0.2, -0.15) is 0 Å². The molecule has 1 saturated carbocycles. The number of hydrogen-bond acceptors (Lipinski definition) is 1. The standard InChI is InChI=1S/C15H20ClIO/c1-12-6-8-15(11-17,9-7-12)18-10-13-2-4-14(16)5-3-13/h2-5,12H,6-11H2,1H3. The van der Waals surface area contributed by atoms with Gasteiger partial charge < -0.3 is 4.74 Å². The molecule has 0 bridgehead atoms. The van der Waals surface area contributed by atoms with Crippen LogP contribution in [0.5, 0.6) is 0 Å². The molecule has 0 aliphatic heterocycles. The molecule has 0 radical (unpaired) electrons. The van der Waals surface area contributed by atoms with Crippen molar-refractivity contribution in [3.05, 3.63) is 34.9 Å². The first kappa shape index (κ1) is 14.6. The van der Waals surface area contributed by atoms with Crippen molar-refractivity contribution in [1.29, 1.82) is 0 Å². The quantitative estimate of drug-likeness (QED) is 0.514. The van der Waals surface area contributed by atoms with Crippen LogP contribution in [-0.2, 0) is 11.3 Å². The highest BCUT2D eigenvalue weighted by molar-refractivity contribution is 14.1. The van der Waals surface area contributed by atoms with Crippen molar-refractivity contribution in [1.82, 2.24) is 0 Å². The van der Waals surface area contributed by atoms with Crippen LogP contribution < -0.4 is 0 Å². The monoisotopic (exact) mass is 378 g/mol. The summed E-state index contributed by atoms with van der Waals surface area (Å²) < 4.78 is 7.33. The molecule has 0 saturated heterocycles. The van der Waals surface area contributed by atoms with E-state index in [1.807, 2.05) is 12.1 Å². The molecule has 0 aromatic heterocycles. The van der Waals surface area contributed by atoms with Gasteiger partial charge in [0.25, 0.3) is 0 Å². The van der Waals surface area contributed by atoms with E-state index < -0.39 is 0 Å². The predicted molar refractivity (Wildman–Crippen MR) is 85.5 cm³/mol. The minimum absolute atomic E-state index is 0.104. The van der Waals surface area contributed by atoms with E-state index in [-0.39, 0.29) is 5.60 Å². The van der Waals surface area contributed by atoms with Crippen LogP contribution in [0.2, 0.25) is 5.02 Å². The van der Waals surface area contributed by atoms with E-state index in [9.17, 15) is 0 Å². The normalized spacial score (nSPS) is 28.3. The number of benzene rings is 1. The first-order valence-corrected chi connectivity index (χ1v) is 8.48. The lowest BCUT2D eigenvalue weighted by atomic mass is 9.80. The molecule has 0 heterocycles. The second-order valence-electron chi connectivity index (χ2n) is 5.41. The minimum Gasteiger partial charge on any atom is -0.370 e. The Kier molecular flexibility index (Phi) is 5.34. The third-order valence-electron chi connectivity index (χ3n) is 3.89. The second kappa shape index (κ2) is 6.58. The Hall–Kier alpha value is 0.200. The molecule has 1 aromatic carbocycles. The summed E-state index contributed by atoms with van der Waals surface area (Å²) in [6.07, 6.45) is 4.99. The summed E-state index contributed by atoms with van der Waals surface area (Å²) in [4.78, 5) is 0. The van der Waals surface area contributed by atoms with Crippen LogP contribution in [-0.4, -0.2) is 10.0 Å². The molecule has 0 amide bonds. The van der Waals surface area contributed by atoms with Gasteiger partial charge >= 0.3 is 0 Å². The van der Waals surface area contributed by atoms with E-state index in [0.29, 0.717) is 6.61 Å². The molecule has 1 nitrogen and oxygen atoms in total. The van der Waals surface area contributed by atoms with Crippen LogP contribution in [0.25, 0.3) is 0 Å². The van der Waals surface area contributed by atoms with Crippen molar-refractivity contribution in [2.45, 2.75) is 44.8 Å². The Morgan fingerprint density at radius 1 is 1.28 bits per heavy atom. The van der Waals surface area contributed by atoms with E-state index in [1.165, 1.54) is 31.2 Å². The van der Waals surface area contributed by atoms with Gasteiger partial charge in [0.1, 0.15) is 0 Å². The molecule has 0 unspecified atom stereocenters. The number of hydrogen-bond donors (Lipinski definition) is 0. The summed E-state index contributed by atoms with van der Waals surface area (Å²) in [5, 5.41) is 0.786. The topological polar surface area (TPSA) is 9.23 Å². The Balaban J connectivity index is 1.92. The minimum atomic E-state index is 0.104. The molecular weight excluding hydrogens is 359 g/mol. The summed E-state index contributed by atoms with van der Waals surface area (Å²) in [6.45, 7) is 3.05. The average Bonchev–Trinajstić information content (AvgIpc) is 2.41.